The van der Waals surface area contributed by atoms with Crippen molar-refractivity contribution in [3.8, 4) is 17.6 Å². The molecule has 0 radical (unpaired) electrons. The van der Waals surface area contributed by atoms with Crippen LogP contribution in [-0.4, -0.2) is 17.8 Å². The molecule has 1 aromatic rings. The number of hydrogen-bond donors (Lipinski definition) is 1. The van der Waals surface area contributed by atoms with E-state index in [1.165, 1.54) is 12.8 Å². The molecule has 0 amide bonds. The zero-order valence-electron chi connectivity index (χ0n) is 11.8. The standard InChI is InChI=1S/C17H22O2/c1-13-5-3-7-16(12-13)19-17-9-8-14(2)11-15(17)6-4-10-18/h8-9,11,13,16,18H,3,5,7,10,12H2,1-2H3. The van der Waals surface area contributed by atoms with Crippen LogP contribution >= 0.6 is 0 Å². The molecule has 0 aromatic heterocycles. The lowest BCUT2D eigenvalue weighted by atomic mass is 9.88. The number of hydrogen-bond acceptors (Lipinski definition) is 2. The smallest absolute Gasteiger partial charge is 0.135 e. The van der Waals surface area contributed by atoms with Gasteiger partial charge in [0.25, 0.3) is 0 Å². The molecule has 1 fully saturated rings. The minimum Gasteiger partial charge on any atom is -0.489 e. The normalized spacial score (nSPS) is 22.5. The van der Waals surface area contributed by atoms with Crippen molar-refractivity contribution in [2.45, 2.75) is 45.6 Å². The average Bonchev–Trinajstić information content (AvgIpc) is 2.39. The SMILES string of the molecule is Cc1ccc(OC2CCCC(C)C2)c(C#CCO)c1. The quantitative estimate of drug-likeness (QED) is 0.825. The van der Waals surface area contributed by atoms with E-state index in [2.05, 4.69) is 18.8 Å². The molecule has 2 nitrogen and oxygen atoms in total. The first-order valence-corrected chi connectivity index (χ1v) is 7.06. The highest BCUT2D eigenvalue weighted by Crippen LogP contribution is 2.29. The maximum Gasteiger partial charge on any atom is 0.135 e. The Hall–Kier alpha value is -1.46. The van der Waals surface area contributed by atoms with Crippen molar-refractivity contribution in [2.24, 2.45) is 5.92 Å². The molecular weight excluding hydrogens is 236 g/mol. The molecule has 1 saturated carbocycles. The second-order valence-electron chi connectivity index (χ2n) is 5.47. The van der Waals surface area contributed by atoms with E-state index in [9.17, 15) is 0 Å². The maximum atomic E-state index is 8.83. The fraction of sp³-hybridized carbons (Fsp3) is 0.529. The number of aryl methyl sites for hydroxylation is 1. The van der Waals surface area contributed by atoms with Gasteiger partial charge in [-0.3, -0.25) is 0 Å². The number of aliphatic hydroxyl groups is 1. The van der Waals surface area contributed by atoms with Crippen LogP contribution in [0.2, 0.25) is 0 Å². The largest absolute Gasteiger partial charge is 0.489 e. The van der Waals surface area contributed by atoms with Crippen molar-refractivity contribution >= 4 is 0 Å². The Balaban J connectivity index is 2.14. The summed E-state index contributed by atoms with van der Waals surface area (Å²) in [6.45, 7) is 4.21. The Kier molecular flexibility index (Phi) is 4.87. The van der Waals surface area contributed by atoms with Crippen LogP contribution in [0.4, 0.5) is 0 Å². The van der Waals surface area contributed by atoms with Gasteiger partial charge in [0.15, 0.2) is 0 Å². The lowest BCUT2D eigenvalue weighted by Gasteiger charge is -2.27. The molecule has 19 heavy (non-hydrogen) atoms. The van der Waals surface area contributed by atoms with Gasteiger partial charge in [0, 0.05) is 0 Å². The number of ether oxygens (including phenoxy) is 1. The minimum absolute atomic E-state index is 0.117. The first kappa shape index (κ1) is 14.0. The molecule has 1 aliphatic rings. The van der Waals surface area contributed by atoms with E-state index in [1.807, 2.05) is 25.1 Å². The summed E-state index contributed by atoms with van der Waals surface area (Å²) in [6, 6.07) is 6.06. The fourth-order valence-electron chi connectivity index (χ4n) is 2.64. The van der Waals surface area contributed by atoms with Crippen molar-refractivity contribution in [3.63, 3.8) is 0 Å². The highest BCUT2D eigenvalue weighted by molar-refractivity contribution is 5.48. The summed E-state index contributed by atoms with van der Waals surface area (Å²) < 4.78 is 6.12. The summed E-state index contributed by atoms with van der Waals surface area (Å²) >= 11 is 0. The van der Waals surface area contributed by atoms with Gasteiger partial charge in [-0.2, -0.15) is 0 Å². The van der Waals surface area contributed by atoms with E-state index in [0.29, 0.717) is 6.10 Å². The second kappa shape index (κ2) is 6.63. The molecule has 2 atom stereocenters. The topological polar surface area (TPSA) is 29.5 Å². The molecule has 1 aliphatic carbocycles. The molecule has 0 saturated heterocycles. The Labute approximate surface area is 115 Å². The van der Waals surface area contributed by atoms with Gasteiger partial charge in [-0.15, -0.1) is 0 Å². The number of rotatable bonds is 2. The van der Waals surface area contributed by atoms with Gasteiger partial charge in [-0.05, 0) is 49.8 Å². The summed E-state index contributed by atoms with van der Waals surface area (Å²) in [4.78, 5) is 0. The van der Waals surface area contributed by atoms with Crippen LogP contribution in [0.5, 0.6) is 5.75 Å². The third-order valence-corrected chi connectivity index (χ3v) is 3.62. The molecule has 1 N–H and O–H groups in total. The van der Waals surface area contributed by atoms with Crippen LogP contribution in [0.25, 0.3) is 0 Å². The van der Waals surface area contributed by atoms with E-state index in [0.717, 1.165) is 35.6 Å². The lowest BCUT2D eigenvalue weighted by molar-refractivity contribution is 0.129. The Morgan fingerprint density at radius 3 is 2.95 bits per heavy atom. The van der Waals surface area contributed by atoms with Crippen molar-refractivity contribution < 1.29 is 9.84 Å². The second-order valence-corrected chi connectivity index (χ2v) is 5.47. The van der Waals surface area contributed by atoms with Crippen molar-refractivity contribution in [1.29, 1.82) is 0 Å². The van der Waals surface area contributed by atoms with Crippen LogP contribution in [0.15, 0.2) is 18.2 Å². The molecule has 102 valence electrons. The van der Waals surface area contributed by atoms with Crippen molar-refractivity contribution in [3.05, 3.63) is 29.3 Å². The molecule has 0 aliphatic heterocycles. The third kappa shape index (κ3) is 4.01. The molecule has 0 bridgehead atoms. The molecule has 1 aromatic carbocycles. The van der Waals surface area contributed by atoms with Crippen molar-refractivity contribution in [2.75, 3.05) is 6.61 Å². The summed E-state index contributed by atoms with van der Waals surface area (Å²) in [5.74, 6) is 7.28. The fourth-order valence-corrected chi connectivity index (χ4v) is 2.64. The highest BCUT2D eigenvalue weighted by atomic mass is 16.5. The van der Waals surface area contributed by atoms with Crippen LogP contribution < -0.4 is 4.74 Å². The van der Waals surface area contributed by atoms with E-state index >= 15 is 0 Å². The summed E-state index contributed by atoms with van der Waals surface area (Å²) in [5.41, 5.74) is 2.04. The maximum absolute atomic E-state index is 8.83. The molecular formula is C17H22O2. The van der Waals surface area contributed by atoms with E-state index in [4.69, 9.17) is 9.84 Å². The van der Waals surface area contributed by atoms with E-state index in [-0.39, 0.29) is 6.61 Å². The first-order chi connectivity index (χ1) is 9.19. The summed E-state index contributed by atoms with van der Waals surface area (Å²) in [5, 5.41) is 8.83. The van der Waals surface area contributed by atoms with Crippen LogP contribution in [0, 0.1) is 24.7 Å². The summed E-state index contributed by atoms with van der Waals surface area (Å²) in [6.07, 6.45) is 5.12. The van der Waals surface area contributed by atoms with Gasteiger partial charge in [0.05, 0.1) is 11.7 Å². The van der Waals surface area contributed by atoms with Gasteiger partial charge < -0.3 is 9.84 Å². The zero-order valence-corrected chi connectivity index (χ0v) is 11.8. The monoisotopic (exact) mass is 258 g/mol. The van der Waals surface area contributed by atoms with Gasteiger partial charge in [0.1, 0.15) is 12.4 Å². The van der Waals surface area contributed by atoms with Gasteiger partial charge >= 0.3 is 0 Å². The minimum atomic E-state index is -0.117. The number of aliphatic hydroxyl groups excluding tert-OH is 1. The van der Waals surface area contributed by atoms with Crippen molar-refractivity contribution in [1.82, 2.24) is 0 Å². The molecule has 2 unspecified atom stereocenters. The van der Waals surface area contributed by atoms with E-state index < -0.39 is 0 Å². The Morgan fingerprint density at radius 1 is 1.37 bits per heavy atom. The van der Waals surface area contributed by atoms with Crippen LogP contribution in [0.3, 0.4) is 0 Å². The van der Waals surface area contributed by atoms with Gasteiger partial charge in [-0.25, -0.2) is 0 Å². The Bertz CT molecular complexity index is 482. The molecule has 2 heteroatoms. The van der Waals surface area contributed by atoms with Crippen LogP contribution in [0.1, 0.15) is 43.7 Å². The third-order valence-electron chi connectivity index (χ3n) is 3.62. The first-order valence-electron chi connectivity index (χ1n) is 7.06. The van der Waals surface area contributed by atoms with Gasteiger partial charge in [0.2, 0.25) is 0 Å². The molecule has 0 heterocycles. The number of benzene rings is 1. The predicted molar refractivity (Wildman–Crippen MR) is 77.2 cm³/mol. The van der Waals surface area contributed by atoms with E-state index in [1.54, 1.807) is 0 Å². The molecule has 2 rings (SSSR count). The van der Waals surface area contributed by atoms with Crippen LogP contribution in [-0.2, 0) is 0 Å². The Morgan fingerprint density at radius 2 is 2.21 bits per heavy atom. The highest BCUT2D eigenvalue weighted by Gasteiger charge is 2.20. The summed E-state index contributed by atoms with van der Waals surface area (Å²) in [7, 11) is 0. The molecule has 0 spiro atoms. The lowest BCUT2D eigenvalue weighted by Crippen LogP contribution is -2.24. The average molecular weight is 258 g/mol. The predicted octanol–water partition coefficient (Wildman–Crippen LogP) is 3.30. The zero-order chi connectivity index (χ0) is 13.7. The van der Waals surface area contributed by atoms with Gasteiger partial charge in [-0.1, -0.05) is 31.3 Å².